The predicted octanol–water partition coefficient (Wildman–Crippen LogP) is 3.85. The Kier molecular flexibility index (Phi) is 5.30. The highest BCUT2D eigenvalue weighted by Crippen LogP contribution is 2.38. The number of aryl methyl sites for hydroxylation is 1. The molecule has 2 atom stereocenters. The number of carbonyl (C=O) groups is 1. The molecule has 0 aliphatic carbocycles. The topological polar surface area (TPSA) is 76.0 Å². The molecule has 0 unspecified atom stereocenters. The molecule has 0 saturated heterocycles. The van der Waals surface area contributed by atoms with Crippen molar-refractivity contribution in [3.8, 4) is 0 Å². The lowest BCUT2D eigenvalue weighted by Gasteiger charge is -2.28. The van der Waals surface area contributed by atoms with Gasteiger partial charge in [0.15, 0.2) is 6.04 Å². The molecule has 0 bridgehead atoms. The van der Waals surface area contributed by atoms with Crippen molar-refractivity contribution in [3.63, 3.8) is 0 Å². The van der Waals surface area contributed by atoms with Crippen LogP contribution >= 0.6 is 0 Å². The first-order valence-electron chi connectivity index (χ1n) is 9.71. The molecule has 154 valence electrons. The lowest BCUT2D eigenvalue weighted by Crippen LogP contribution is -2.37. The molecule has 0 amide bonds. The molecule has 0 fully saturated rings. The van der Waals surface area contributed by atoms with Crippen LogP contribution in [0.4, 0.5) is 0 Å². The van der Waals surface area contributed by atoms with Crippen molar-refractivity contribution in [3.05, 3.63) is 77.9 Å². The van der Waals surface area contributed by atoms with E-state index in [9.17, 15) is 13.2 Å². The smallest absolute Gasteiger partial charge is 0.333 e. The van der Waals surface area contributed by atoms with Crippen molar-refractivity contribution < 1.29 is 17.9 Å². The second kappa shape index (κ2) is 7.91. The molecule has 1 aliphatic heterocycles. The molecule has 1 aliphatic rings. The maximum Gasteiger partial charge on any atom is 0.333 e. The van der Waals surface area contributed by atoms with Gasteiger partial charge in [0.1, 0.15) is 12.4 Å². The van der Waals surface area contributed by atoms with Gasteiger partial charge in [0.05, 0.1) is 11.5 Å². The molecule has 1 heterocycles. The van der Waals surface area contributed by atoms with Crippen LogP contribution in [0.2, 0.25) is 0 Å². The van der Waals surface area contributed by atoms with Gasteiger partial charge in [-0.05, 0) is 42.3 Å². The molecule has 0 aromatic heterocycles. The average Bonchev–Trinajstić information content (AvgIpc) is 3.20. The molecule has 3 aromatic carbocycles. The normalized spacial score (nSPS) is 18.7. The van der Waals surface area contributed by atoms with Crippen LogP contribution in [0, 0.1) is 6.92 Å². The van der Waals surface area contributed by atoms with Crippen LogP contribution in [-0.4, -0.2) is 37.7 Å². The van der Waals surface area contributed by atoms with Gasteiger partial charge in [0, 0.05) is 0 Å². The number of sulfonamides is 1. The number of fused-ring (bicyclic) bond motifs is 1. The van der Waals surface area contributed by atoms with E-state index in [2.05, 4.69) is 4.99 Å². The maximum atomic E-state index is 13.5. The van der Waals surface area contributed by atoms with Crippen molar-refractivity contribution in [1.29, 1.82) is 0 Å². The Morgan fingerprint density at radius 3 is 2.47 bits per heavy atom. The minimum Gasteiger partial charge on any atom is -0.464 e. The summed E-state index contributed by atoms with van der Waals surface area (Å²) in [6.07, 6.45) is 1.24. The van der Waals surface area contributed by atoms with E-state index in [1.807, 2.05) is 49.4 Å². The number of esters is 1. The van der Waals surface area contributed by atoms with Crippen LogP contribution in [0.25, 0.3) is 10.8 Å². The number of aliphatic imine (C=N–C) groups is 1. The van der Waals surface area contributed by atoms with Crippen molar-refractivity contribution in [2.24, 2.45) is 4.99 Å². The monoisotopic (exact) mass is 422 g/mol. The van der Waals surface area contributed by atoms with E-state index in [1.165, 1.54) is 10.6 Å². The summed E-state index contributed by atoms with van der Waals surface area (Å²) in [6, 6.07) is 18.1. The fourth-order valence-corrected chi connectivity index (χ4v) is 5.14. The Bertz CT molecular complexity index is 1210. The first-order valence-corrected chi connectivity index (χ1v) is 11.2. The second-order valence-electron chi connectivity index (χ2n) is 7.12. The Labute approximate surface area is 175 Å². The summed E-state index contributed by atoms with van der Waals surface area (Å²) >= 11 is 0. The van der Waals surface area contributed by atoms with Gasteiger partial charge in [-0.25, -0.2) is 17.5 Å². The van der Waals surface area contributed by atoms with Crippen molar-refractivity contribution >= 4 is 33.1 Å². The Morgan fingerprint density at radius 2 is 1.73 bits per heavy atom. The second-order valence-corrected chi connectivity index (χ2v) is 8.97. The van der Waals surface area contributed by atoms with E-state index < -0.39 is 28.1 Å². The van der Waals surface area contributed by atoms with Crippen LogP contribution in [0.3, 0.4) is 0 Å². The Balaban J connectivity index is 1.87. The van der Waals surface area contributed by atoms with Crippen LogP contribution in [-0.2, 0) is 19.6 Å². The number of hydrogen-bond acceptors (Lipinski definition) is 5. The van der Waals surface area contributed by atoms with Crippen LogP contribution in [0.15, 0.2) is 76.6 Å². The first kappa shape index (κ1) is 20.1. The van der Waals surface area contributed by atoms with Gasteiger partial charge < -0.3 is 4.74 Å². The number of rotatable bonds is 5. The fourth-order valence-electron chi connectivity index (χ4n) is 3.71. The molecular formula is C23H22N2O4S. The molecule has 0 spiro atoms. The van der Waals surface area contributed by atoms with Crippen molar-refractivity contribution in [2.45, 2.75) is 30.8 Å². The number of nitrogens with zero attached hydrogens (tertiary/aromatic N) is 2. The molecule has 4 rings (SSSR count). The maximum absolute atomic E-state index is 13.5. The van der Waals surface area contributed by atoms with Gasteiger partial charge in [-0.2, -0.15) is 0 Å². The summed E-state index contributed by atoms with van der Waals surface area (Å²) in [4.78, 5) is 17.1. The summed E-state index contributed by atoms with van der Waals surface area (Å²) in [6.45, 7) is 3.80. The van der Waals surface area contributed by atoms with E-state index in [1.54, 1.807) is 31.2 Å². The Hall–Kier alpha value is -3.19. The zero-order chi connectivity index (χ0) is 21.3. The molecule has 7 heteroatoms. The summed E-state index contributed by atoms with van der Waals surface area (Å²) < 4.78 is 33.3. The predicted molar refractivity (Wildman–Crippen MR) is 116 cm³/mol. The zero-order valence-corrected chi connectivity index (χ0v) is 17.5. The zero-order valence-electron chi connectivity index (χ0n) is 16.7. The van der Waals surface area contributed by atoms with Crippen LogP contribution in [0.1, 0.15) is 24.1 Å². The van der Waals surface area contributed by atoms with Gasteiger partial charge >= 0.3 is 5.97 Å². The highest BCUT2D eigenvalue weighted by atomic mass is 32.2. The number of carbonyl (C=O) groups excluding carboxylic acids is 1. The summed E-state index contributed by atoms with van der Waals surface area (Å²) in [5.74, 6) is -0.548. The van der Waals surface area contributed by atoms with Crippen LogP contribution < -0.4 is 0 Å². The third kappa shape index (κ3) is 3.45. The quantitative estimate of drug-likeness (QED) is 0.585. The lowest BCUT2D eigenvalue weighted by molar-refractivity contribution is -0.145. The van der Waals surface area contributed by atoms with Gasteiger partial charge in [-0.1, -0.05) is 60.2 Å². The van der Waals surface area contributed by atoms with Gasteiger partial charge in [-0.15, -0.1) is 0 Å². The van der Waals surface area contributed by atoms with Crippen molar-refractivity contribution in [2.75, 3.05) is 6.61 Å². The van der Waals surface area contributed by atoms with E-state index in [4.69, 9.17) is 4.74 Å². The highest BCUT2D eigenvalue weighted by molar-refractivity contribution is 7.89. The Morgan fingerprint density at radius 1 is 1.03 bits per heavy atom. The molecule has 0 saturated carbocycles. The van der Waals surface area contributed by atoms with Crippen LogP contribution in [0.5, 0.6) is 0 Å². The van der Waals surface area contributed by atoms with Crippen molar-refractivity contribution in [1.82, 2.24) is 4.31 Å². The molecule has 6 nitrogen and oxygen atoms in total. The SMILES string of the molecule is CCOC(=O)[C@@H]1N=CN(S(=O)(=O)c2ccc(C)cc2)[C@@H]1c1cccc2ccccc12. The number of ether oxygens (including phenoxy) is 1. The standard InChI is InChI=1S/C23H22N2O4S/c1-3-29-23(26)21-22(20-10-6-8-17-7-4-5-9-19(17)20)25(15-24-21)30(27,28)18-13-11-16(2)12-14-18/h4-15,21-22H,3H2,1-2H3/t21-,22-/m1/s1. The number of benzene rings is 3. The molecule has 3 aromatic rings. The largest absolute Gasteiger partial charge is 0.464 e. The molecule has 30 heavy (non-hydrogen) atoms. The minimum absolute atomic E-state index is 0.147. The van der Waals surface area contributed by atoms with Gasteiger partial charge in [0.2, 0.25) is 0 Å². The third-order valence-electron chi connectivity index (χ3n) is 5.18. The lowest BCUT2D eigenvalue weighted by atomic mass is 9.95. The van der Waals surface area contributed by atoms with E-state index >= 15 is 0 Å². The third-order valence-corrected chi connectivity index (χ3v) is 6.93. The molecule has 0 radical (unpaired) electrons. The first-order chi connectivity index (χ1) is 14.4. The fraction of sp³-hybridized carbons (Fsp3) is 0.217. The van der Waals surface area contributed by atoms with Gasteiger partial charge in [0.25, 0.3) is 10.0 Å². The highest BCUT2D eigenvalue weighted by Gasteiger charge is 2.44. The van der Waals surface area contributed by atoms with Gasteiger partial charge in [-0.3, -0.25) is 4.99 Å². The summed E-state index contributed by atoms with van der Waals surface area (Å²) in [5.41, 5.74) is 1.67. The van der Waals surface area contributed by atoms with E-state index in [0.717, 1.165) is 16.3 Å². The van der Waals surface area contributed by atoms with E-state index in [-0.39, 0.29) is 11.5 Å². The molecule has 0 N–H and O–H groups in total. The minimum atomic E-state index is -3.93. The van der Waals surface area contributed by atoms with E-state index in [0.29, 0.717) is 5.56 Å². The molecular weight excluding hydrogens is 400 g/mol. The summed E-state index contributed by atoms with van der Waals surface area (Å²) in [7, 11) is -3.93. The number of hydrogen-bond donors (Lipinski definition) is 0. The summed E-state index contributed by atoms with van der Waals surface area (Å²) in [5, 5.41) is 1.83. The average molecular weight is 423 g/mol.